The maximum absolute atomic E-state index is 14.6. The summed E-state index contributed by atoms with van der Waals surface area (Å²) in [7, 11) is -4.22. The van der Waals surface area contributed by atoms with Crippen LogP contribution in [0.4, 0.5) is 5.69 Å². The summed E-state index contributed by atoms with van der Waals surface area (Å²) >= 11 is 0. The van der Waals surface area contributed by atoms with Crippen molar-refractivity contribution >= 4 is 27.5 Å². The summed E-state index contributed by atoms with van der Waals surface area (Å²) in [6.07, 6.45) is 0.243. The van der Waals surface area contributed by atoms with Gasteiger partial charge in [0.1, 0.15) is 25.8 Å². The molecule has 240 valence electrons. The van der Waals surface area contributed by atoms with Crippen LogP contribution in [-0.2, 0) is 32.6 Å². The molecular weight excluding hydrogens is 602 g/mol. The third kappa shape index (κ3) is 7.87. The average Bonchev–Trinajstić information content (AvgIpc) is 3.06. The molecule has 1 aliphatic rings. The molecule has 0 radical (unpaired) electrons. The van der Waals surface area contributed by atoms with Crippen LogP contribution in [-0.4, -0.2) is 57.0 Å². The van der Waals surface area contributed by atoms with E-state index in [1.165, 1.54) is 17.0 Å². The highest BCUT2D eigenvalue weighted by Crippen LogP contribution is 2.36. The Bertz CT molecular complexity index is 1750. The fraction of sp³-hybridized carbons (Fsp3) is 0.278. The maximum Gasteiger partial charge on any atom is 0.264 e. The van der Waals surface area contributed by atoms with Crippen LogP contribution in [0.2, 0.25) is 0 Å². The minimum atomic E-state index is -4.22. The number of sulfonamides is 1. The Morgan fingerprint density at radius 1 is 0.804 bits per heavy atom. The van der Waals surface area contributed by atoms with Gasteiger partial charge in [-0.3, -0.25) is 13.9 Å². The molecule has 1 atom stereocenters. The van der Waals surface area contributed by atoms with Crippen LogP contribution in [0.5, 0.6) is 11.5 Å². The lowest BCUT2D eigenvalue weighted by Crippen LogP contribution is -2.54. The lowest BCUT2D eigenvalue weighted by atomic mass is 10.0. The normalized spacial score (nSPS) is 13.1. The van der Waals surface area contributed by atoms with Crippen LogP contribution in [0.15, 0.2) is 108 Å². The van der Waals surface area contributed by atoms with E-state index in [1.807, 2.05) is 75.4 Å². The minimum absolute atomic E-state index is 0.0289. The largest absolute Gasteiger partial charge is 0.486 e. The van der Waals surface area contributed by atoms with E-state index in [0.29, 0.717) is 24.7 Å². The topological polar surface area (TPSA) is 105 Å². The van der Waals surface area contributed by atoms with Crippen LogP contribution in [0.1, 0.15) is 30.5 Å². The molecule has 0 aliphatic carbocycles. The van der Waals surface area contributed by atoms with Gasteiger partial charge in [0.25, 0.3) is 10.0 Å². The summed E-state index contributed by atoms with van der Waals surface area (Å²) in [6.45, 7) is 5.94. The van der Waals surface area contributed by atoms with Crippen molar-refractivity contribution in [1.29, 1.82) is 0 Å². The zero-order valence-corrected chi connectivity index (χ0v) is 27.1. The van der Waals surface area contributed by atoms with Crippen molar-refractivity contribution in [3.63, 3.8) is 0 Å². The monoisotopic (exact) mass is 641 g/mol. The Labute approximate surface area is 270 Å². The van der Waals surface area contributed by atoms with Gasteiger partial charge in [-0.05, 0) is 56.2 Å². The highest BCUT2D eigenvalue weighted by Gasteiger charge is 2.35. The summed E-state index contributed by atoms with van der Waals surface area (Å²) in [5, 5.41) is 2.97. The van der Waals surface area contributed by atoms with Crippen molar-refractivity contribution in [2.24, 2.45) is 0 Å². The maximum atomic E-state index is 14.6. The number of anilines is 1. The van der Waals surface area contributed by atoms with Gasteiger partial charge in [-0.15, -0.1) is 0 Å². The number of carbonyl (C=O) groups is 2. The number of rotatable bonds is 12. The summed E-state index contributed by atoms with van der Waals surface area (Å²) in [5.41, 5.74) is 2.97. The average molecular weight is 642 g/mol. The number of amides is 2. The third-order valence-corrected chi connectivity index (χ3v) is 9.39. The summed E-state index contributed by atoms with van der Waals surface area (Å²) in [4.78, 5) is 29.9. The van der Waals surface area contributed by atoms with Gasteiger partial charge in [-0.25, -0.2) is 8.42 Å². The molecular formula is C36H39N3O6S. The van der Waals surface area contributed by atoms with Crippen molar-refractivity contribution in [1.82, 2.24) is 10.2 Å². The smallest absolute Gasteiger partial charge is 0.264 e. The second kappa shape index (κ2) is 14.5. The second-order valence-electron chi connectivity index (χ2n) is 11.5. The van der Waals surface area contributed by atoms with Crippen LogP contribution < -0.4 is 19.1 Å². The molecule has 0 fully saturated rings. The number of ether oxygens (including phenoxy) is 2. The van der Waals surface area contributed by atoms with Gasteiger partial charge < -0.3 is 19.7 Å². The molecule has 0 aromatic heterocycles. The van der Waals surface area contributed by atoms with Crippen molar-refractivity contribution in [3.8, 4) is 11.5 Å². The van der Waals surface area contributed by atoms with Gasteiger partial charge in [0.05, 0.1) is 10.6 Å². The van der Waals surface area contributed by atoms with E-state index in [1.54, 1.807) is 36.4 Å². The zero-order chi connectivity index (χ0) is 32.7. The Morgan fingerprint density at radius 3 is 2.09 bits per heavy atom. The van der Waals surface area contributed by atoms with Gasteiger partial charge in [-0.1, -0.05) is 78.4 Å². The molecule has 0 bridgehead atoms. The molecule has 4 aromatic rings. The van der Waals surface area contributed by atoms with E-state index in [2.05, 4.69) is 5.32 Å². The molecule has 1 heterocycles. The predicted octanol–water partition coefficient (Wildman–Crippen LogP) is 5.13. The van der Waals surface area contributed by atoms with Crippen molar-refractivity contribution in [3.05, 3.63) is 120 Å². The number of benzene rings is 4. The van der Waals surface area contributed by atoms with Crippen molar-refractivity contribution in [2.75, 3.05) is 24.1 Å². The number of hydrogen-bond donors (Lipinski definition) is 1. The standard InChI is InChI=1S/C36H39N3O6S/c1-26(2)37-36(41)32(22-28-10-6-4-7-11-28)38(24-29-16-14-27(3)15-17-29)35(40)25-39(46(42,43)31-12-8-5-9-13-31)30-18-19-33-34(23-30)45-21-20-44-33/h4-19,23,26,32H,20-22,24-25H2,1-3H3,(H,37,41)/t32-/m0/s1. The van der Waals surface area contributed by atoms with Gasteiger partial charge in [0.2, 0.25) is 11.8 Å². The van der Waals surface area contributed by atoms with Crippen molar-refractivity contribution < 1.29 is 27.5 Å². The Kier molecular flexibility index (Phi) is 10.3. The van der Waals surface area contributed by atoms with Crippen LogP contribution in [0, 0.1) is 6.92 Å². The number of nitrogens with zero attached hydrogens (tertiary/aromatic N) is 2. The molecule has 9 nitrogen and oxygen atoms in total. The molecule has 5 rings (SSSR count). The number of aryl methyl sites for hydroxylation is 1. The van der Waals surface area contributed by atoms with Crippen LogP contribution in [0.3, 0.4) is 0 Å². The molecule has 1 N–H and O–H groups in total. The molecule has 0 saturated carbocycles. The second-order valence-corrected chi connectivity index (χ2v) is 13.4. The highest BCUT2D eigenvalue weighted by molar-refractivity contribution is 7.92. The lowest BCUT2D eigenvalue weighted by Gasteiger charge is -2.34. The van der Waals surface area contributed by atoms with E-state index in [9.17, 15) is 18.0 Å². The summed E-state index contributed by atoms with van der Waals surface area (Å²) in [6, 6.07) is 28.9. The molecule has 0 spiro atoms. The first-order valence-electron chi connectivity index (χ1n) is 15.3. The van der Waals surface area contributed by atoms with Crippen LogP contribution in [0.25, 0.3) is 0 Å². The van der Waals surface area contributed by atoms with E-state index >= 15 is 0 Å². The molecule has 10 heteroatoms. The zero-order valence-electron chi connectivity index (χ0n) is 26.3. The number of fused-ring (bicyclic) bond motifs is 1. The van der Waals surface area contributed by atoms with E-state index in [0.717, 1.165) is 21.0 Å². The molecule has 4 aromatic carbocycles. The Morgan fingerprint density at radius 2 is 1.43 bits per heavy atom. The SMILES string of the molecule is Cc1ccc(CN(C(=O)CN(c2ccc3c(c2)OCCO3)S(=O)(=O)c2ccccc2)[C@@H](Cc2ccccc2)C(=O)NC(C)C)cc1. The quantitative estimate of drug-likeness (QED) is 0.230. The lowest BCUT2D eigenvalue weighted by molar-refractivity contribution is -0.140. The third-order valence-electron chi connectivity index (χ3n) is 7.60. The Balaban J connectivity index is 1.58. The number of hydrogen-bond acceptors (Lipinski definition) is 6. The molecule has 46 heavy (non-hydrogen) atoms. The highest BCUT2D eigenvalue weighted by atomic mass is 32.2. The van der Waals surface area contributed by atoms with Gasteiger partial charge in [0, 0.05) is 25.1 Å². The molecule has 2 amide bonds. The molecule has 0 saturated heterocycles. The molecule has 1 aliphatic heterocycles. The van der Waals surface area contributed by atoms with Gasteiger partial charge in [0.15, 0.2) is 11.5 Å². The first-order chi connectivity index (χ1) is 22.1. The van der Waals surface area contributed by atoms with E-state index in [-0.39, 0.29) is 35.5 Å². The fourth-order valence-corrected chi connectivity index (χ4v) is 6.69. The molecule has 0 unspecified atom stereocenters. The predicted molar refractivity (Wildman–Crippen MR) is 177 cm³/mol. The van der Waals surface area contributed by atoms with Gasteiger partial charge >= 0.3 is 0 Å². The Hall–Kier alpha value is -4.83. The van der Waals surface area contributed by atoms with Gasteiger partial charge in [-0.2, -0.15) is 0 Å². The fourth-order valence-electron chi connectivity index (χ4n) is 5.26. The minimum Gasteiger partial charge on any atom is -0.486 e. The number of nitrogens with one attached hydrogen (secondary N) is 1. The first-order valence-corrected chi connectivity index (χ1v) is 16.7. The van der Waals surface area contributed by atoms with E-state index < -0.39 is 28.5 Å². The van der Waals surface area contributed by atoms with Crippen molar-refractivity contribution in [2.45, 2.75) is 50.7 Å². The van der Waals surface area contributed by atoms with E-state index in [4.69, 9.17) is 9.47 Å². The summed E-state index contributed by atoms with van der Waals surface area (Å²) < 4.78 is 40.9. The first kappa shape index (κ1) is 32.6. The van der Waals surface area contributed by atoms with Crippen LogP contribution >= 0.6 is 0 Å². The number of carbonyl (C=O) groups excluding carboxylic acids is 2. The summed E-state index contributed by atoms with van der Waals surface area (Å²) in [5.74, 6) is 0.0258.